The summed E-state index contributed by atoms with van der Waals surface area (Å²) < 4.78 is 1.37. The lowest BCUT2D eigenvalue weighted by atomic mass is 10.1. The summed E-state index contributed by atoms with van der Waals surface area (Å²) in [5.74, 6) is 0. The van der Waals surface area contributed by atoms with Crippen LogP contribution in [-0.4, -0.2) is 23.9 Å². The standard InChI is InChI=1S/C13H16ClNS/c1-10(14)7-15(2)8-11-9-16-13-6-4-3-5-12(11)13/h3-6,9-10H,7-8H2,1-2H3. The first-order valence-corrected chi connectivity index (χ1v) is 6.76. The lowest BCUT2D eigenvalue weighted by molar-refractivity contribution is 0.331. The quantitative estimate of drug-likeness (QED) is 0.746. The van der Waals surface area contributed by atoms with Gasteiger partial charge in [-0.05, 0) is 36.4 Å². The van der Waals surface area contributed by atoms with Crippen LogP contribution in [0.15, 0.2) is 29.6 Å². The highest BCUT2D eigenvalue weighted by atomic mass is 35.5. The normalized spacial score (nSPS) is 13.5. The molecule has 1 aromatic heterocycles. The molecule has 0 aliphatic carbocycles. The molecule has 2 aromatic rings. The topological polar surface area (TPSA) is 3.24 Å². The summed E-state index contributed by atoms with van der Waals surface area (Å²) in [6.07, 6.45) is 0. The number of hydrogen-bond acceptors (Lipinski definition) is 2. The Labute approximate surface area is 106 Å². The van der Waals surface area contributed by atoms with Crippen molar-refractivity contribution in [2.24, 2.45) is 0 Å². The smallest absolute Gasteiger partial charge is 0.0435 e. The molecule has 1 aromatic carbocycles. The fraction of sp³-hybridized carbons (Fsp3) is 0.385. The van der Waals surface area contributed by atoms with E-state index in [0.29, 0.717) is 0 Å². The third kappa shape index (κ3) is 2.76. The van der Waals surface area contributed by atoms with Crippen LogP contribution in [0, 0.1) is 0 Å². The zero-order valence-corrected chi connectivity index (χ0v) is 11.2. The minimum absolute atomic E-state index is 0.204. The van der Waals surface area contributed by atoms with Gasteiger partial charge >= 0.3 is 0 Å². The lowest BCUT2D eigenvalue weighted by Crippen LogP contribution is -2.23. The summed E-state index contributed by atoms with van der Waals surface area (Å²) in [6.45, 7) is 3.93. The van der Waals surface area contributed by atoms with Crippen molar-refractivity contribution in [3.8, 4) is 0 Å². The number of thiophene rings is 1. The van der Waals surface area contributed by atoms with Gasteiger partial charge in [0.15, 0.2) is 0 Å². The fourth-order valence-corrected chi connectivity index (χ4v) is 3.13. The highest BCUT2D eigenvalue weighted by Gasteiger charge is 2.08. The predicted molar refractivity (Wildman–Crippen MR) is 73.5 cm³/mol. The Morgan fingerprint density at radius 3 is 2.88 bits per heavy atom. The first kappa shape index (κ1) is 11.9. The Bertz CT molecular complexity index is 464. The number of nitrogens with zero attached hydrogens (tertiary/aromatic N) is 1. The highest BCUT2D eigenvalue weighted by Crippen LogP contribution is 2.26. The van der Waals surface area contributed by atoms with Crippen molar-refractivity contribution in [1.29, 1.82) is 0 Å². The first-order chi connectivity index (χ1) is 7.66. The van der Waals surface area contributed by atoms with Crippen LogP contribution in [0.4, 0.5) is 0 Å². The van der Waals surface area contributed by atoms with Gasteiger partial charge in [0.2, 0.25) is 0 Å². The number of hydrogen-bond donors (Lipinski definition) is 0. The second-order valence-corrected chi connectivity index (χ2v) is 5.89. The van der Waals surface area contributed by atoms with E-state index in [9.17, 15) is 0 Å². The summed E-state index contributed by atoms with van der Waals surface area (Å²) in [7, 11) is 2.12. The maximum absolute atomic E-state index is 5.99. The molecule has 0 amide bonds. The van der Waals surface area contributed by atoms with E-state index in [2.05, 4.69) is 41.6 Å². The summed E-state index contributed by atoms with van der Waals surface area (Å²) in [5.41, 5.74) is 1.40. The van der Waals surface area contributed by atoms with Gasteiger partial charge in [-0.3, -0.25) is 0 Å². The van der Waals surface area contributed by atoms with Crippen LogP contribution < -0.4 is 0 Å². The van der Waals surface area contributed by atoms with Crippen LogP contribution in [0.25, 0.3) is 10.1 Å². The van der Waals surface area contributed by atoms with Crippen molar-refractivity contribution in [2.75, 3.05) is 13.6 Å². The molecule has 0 saturated heterocycles. The molecule has 1 nitrogen and oxygen atoms in total. The molecule has 0 spiro atoms. The van der Waals surface area contributed by atoms with Crippen LogP contribution in [-0.2, 0) is 6.54 Å². The van der Waals surface area contributed by atoms with Crippen LogP contribution in [0.1, 0.15) is 12.5 Å². The molecule has 0 aliphatic heterocycles. The maximum Gasteiger partial charge on any atom is 0.0435 e. The molecule has 86 valence electrons. The summed E-state index contributed by atoms with van der Waals surface area (Å²) >= 11 is 7.81. The molecular formula is C13H16ClNS. The van der Waals surface area contributed by atoms with Crippen LogP contribution in [0.5, 0.6) is 0 Å². The van der Waals surface area contributed by atoms with E-state index in [1.54, 1.807) is 0 Å². The molecule has 0 aliphatic rings. The van der Waals surface area contributed by atoms with Crippen LogP contribution >= 0.6 is 22.9 Å². The second kappa shape index (κ2) is 5.17. The molecule has 1 atom stereocenters. The zero-order valence-electron chi connectivity index (χ0n) is 9.61. The van der Waals surface area contributed by atoms with Crippen molar-refractivity contribution >= 4 is 33.0 Å². The number of alkyl halides is 1. The van der Waals surface area contributed by atoms with Crippen molar-refractivity contribution in [3.63, 3.8) is 0 Å². The second-order valence-electron chi connectivity index (χ2n) is 4.23. The van der Waals surface area contributed by atoms with Gasteiger partial charge < -0.3 is 4.90 Å². The Hall–Kier alpha value is -0.570. The van der Waals surface area contributed by atoms with E-state index in [0.717, 1.165) is 13.1 Å². The van der Waals surface area contributed by atoms with Gasteiger partial charge in [-0.15, -0.1) is 22.9 Å². The average Bonchev–Trinajstić information content (AvgIpc) is 2.61. The molecule has 0 fully saturated rings. The lowest BCUT2D eigenvalue weighted by Gasteiger charge is -2.17. The highest BCUT2D eigenvalue weighted by molar-refractivity contribution is 7.17. The molecule has 16 heavy (non-hydrogen) atoms. The third-order valence-electron chi connectivity index (χ3n) is 2.56. The minimum atomic E-state index is 0.204. The van der Waals surface area contributed by atoms with Gasteiger partial charge in [-0.25, -0.2) is 0 Å². The van der Waals surface area contributed by atoms with E-state index < -0.39 is 0 Å². The monoisotopic (exact) mass is 253 g/mol. The number of benzene rings is 1. The Balaban J connectivity index is 2.15. The Morgan fingerprint density at radius 2 is 2.12 bits per heavy atom. The van der Waals surface area contributed by atoms with Crippen molar-refractivity contribution in [2.45, 2.75) is 18.8 Å². The van der Waals surface area contributed by atoms with Crippen LogP contribution in [0.2, 0.25) is 0 Å². The summed E-state index contributed by atoms with van der Waals surface area (Å²) in [5, 5.41) is 3.83. The van der Waals surface area contributed by atoms with Gasteiger partial charge in [0.25, 0.3) is 0 Å². The first-order valence-electron chi connectivity index (χ1n) is 5.44. The zero-order chi connectivity index (χ0) is 11.5. The predicted octanol–water partition coefficient (Wildman–Crippen LogP) is 3.96. The molecule has 3 heteroatoms. The largest absolute Gasteiger partial charge is 0.301 e. The number of rotatable bonds is 4. The van der Waals surface area contributed by atoms with Crippen molar-refractivity contribution in [3.05, 3.63) is 35.2 Å². The van der Waals surface area contributed by atoms with Crippen molar-refractivity contribution in [1.82, 2.24) is 4.90 Å². The maximum atomic E-state index is 5.99. The fourth-order valence-electron chi connectivity index (χ4n) is 1.94. The molecule has 0 N–H and O–H groups in total. The van der Waals surface area contributed by atoms with Gasteiger partial charge in [0.1, 0.15) is 0 Å². The van der Waals surface area contributed by atoms with Gasteiger partial charge in [0, 0.05) is 23.2 Å². The van der Waals surface area contributed by atoms with Gasteiger partial charge in [0.05, 0.1) is 0 Å². The van der Waals surface area contributed by atoms with E-state index >= 15 is 0 Å². The van der Waals surface area contributed by atoms with Crippen molar-refractivity contribution < 1.29 is 0 Å². The van der Waals surface area contributed by atoms with Crippen LogP contribution in [0.3, 0.4) is 0 Å². The summed E-state index contributed by atoms with van der Waals surface area (Å²) in [4.78, 5) is 2.27. The number of halogens is 1. The molecule has 1 heterocycles. The molecule has 0 radical (unpaired) electrons. The molecule has 1 unspecified atom stereocenters. The molecule has 0 saturated carbocycles. The Kier molecular flexibility index (Phi) is 3.85. The SMILES string of the molecule is CC(Cl)CN(C)Cc1csc2ccccc12. The van der Waals surface area contributed by atoms with E-state index in [4.69, 9.17) is 11.6 Å². The molecular weight excluding hydrogens is 238 g/mol. The Morgan fingerprint density at radius 1 is 1.38 bits per heavy atom. The van der Waals surface area contributed by atoms with E-state index in [1.807, 2.05) is 18.3 Å². The van der Waals surface area contributed by atoms with E-state index in [-0.39, 0.29) is 5.38 Å². The minimum Gasteiger partial charge on any atom is -0.301 e. The molecule has 0 bridgehead atoms. The molecule has 2 rings (SSSR count). The number of fused-ring (bicyclic) bond motifs is 1. The van der Waals surface area contributed by atoms with Gasteiger partial charge in [-0.2, -0.15) is 0 Å². The average molecular weight is 254 g/mol. The third-order valence-corrected chi connectivity index (χ3v) is 3.71. The summed E-state index contributed by atoms with van der Waals surface area (Å²) in [6, 6.07) is 8.56. The van der Waals surface area contributed by atoms with Gasteiger partial charge in [-0.1, -0.05) is 18.2 Å². The van der Waals surface area contributed by atoms with E-state index in [1.165, 1.54) is 15.6 Å².